The van der Waals surface area contributed by atoms with Crippen LogP contribution >= 0.6 is 0 Å². The first-order valence-corrected chi connectivity index (χ1v) is 12.8. The predicted octanol–water partition coefficient (Wildman–Crippen LogP) is 4.18. The van der Waals surface area contributed by atoms with Crippen molar-refractivity contribution >= 4 is 11.9 Å². The van der Waals surface area contributed by atoms with Gasteiger partial charge in [-0.3, -0.25) is 14.6 Å². The molecule has 1 aromatic heterocycles. The fraction of sp³-hybridized carbons (Fsp3) is 0.593. The van der Waals surface area contributed by atoms with E-state index in [9.17, 15) is 9.59 Å². The molecule has 8 nitrogen and oxygen atoms in total. The third-order valence-corrected chi connectivity index (χ3v) is 7.16. The Morgan fingerprint density at radius 1 is 1.06 bits per heavy atom. The average molecular weight is 482 g/mol. The van der Waals surface area contributed by atoms with E-state index >= 15 is 0 Å². The van der Waals surface area contributed by atoms with Gasteiger partial charge in [-0.05, 0) is 43.2 Å². The van der Waals surface area contributed by atoms with Crippen molar-refractivity contribution in [1.82, 2.24) is 24.5 Å². The number of hydrogen-bond donors (Lipinski definition) is 0. The van der Waals surface area contributed by atoms with Crippen LogP contribution in [0.15, 0.2) is 36.7 Å². The van der Waals surface area contributed by atoms with E-state index in [2.05, 4.69) is 37.7 Å². The summed E-state index contributed by atoms with van der Waals surface area (Å²) in [7, 11) is 1.66. The molecule has 1 spiro atoms. The minimum atomic E-state index is -0.695. The third kappa shape index (κ3) is 5.08. The molecule has 0 aliphatic carbocycles. The van der Waals surface area contributed by atoms with E-state index in [1.807, 2.05) is 46.2 Å². The molecular formula is C27H39N5O3. The molecule has 2 aromatic rings. The number of aromatic nitrogens is 2. The molecule has 0 N–H and O–H groups in total. The summed E-state index contributed by atoms with van der Waals surface area (Å²) in [4.78, 5) is 32.7. The van der Waals surface area contributed by atoms with Gasteiger partial charge in [0.2, 0.25) is 0 Å². The molecule has 2 aliphatic heterocycles. The smallest absolute Gasteiger partial charge is 0.327 e. The fourth-order valence-electron chi connectivity index (χ4n) is 5.22. The maximum Gasteiger partial charge on any atom is 0.327 e. The van der Waals surface area contributed by atoms with E-state index in [4.69, 9.17) is 4.74 Å². The lowest BCUT2D eigenvalue weighted by molar-refractivity contribution is -0.136. The Bertz CT molecular complexity index is 1040. The lowest BCUT2D eigenvalue weighted by Crippen LogP contribution is -2.56. The molecule has 0 unspecified atom stereocenters. The first-order valence-electron chi connectivity index (χ1n) is 12.8. The van der Waals surface area contributed by atoms with E-state index in [0.29, 0.717) is 31.8 Å². The molecule has 1 aromatic carbocycles. The number of para-hydroxylation sites is 2. The Hall–Kier alpha value is -2.87. The quantitative estimate of drug-likeness (QED) is 0.503. The predicted molar refractivity (Wildman–Crippen MR) is 135 cm³/mol. The number of likely N-dealkylation sites (tertiary alicyclic amines) is 1. The highest BCUT2D eigenvalue weighted by molar-refractivity contribution is 6.07. The van der Waals surface area contributed by atoms with Crippen molar-refractivity contribution in [2.75, 3.05) is 33.3 Å². The number of urea groups is 1. The van der Waals surface area contributed by atoms with Crippen LogP contribution in [0.5, 0.6) is 5.75 Å². The number of hydrogen-bond acceptors (Lipinski definition) is 5. The second kappa shape index (κ2) is 10.4. The van der Waals surface area contributed by atoms with Crippen LogP contribution in [0.3, 0.4) is 0 Å². The molecule has 3 amide bonds. The van der Waals surface area contributed by atoms with Crippen molar-refractivity contribution in [2.24, 2.45) is 11.8 Å². The van der Waals surface area contributed by atoms with E-state index in [0.717, 1.165) is 43.1 Å². The van der Waals surface area contributed by atoms with E-state index in [-0.39, 0.29) is 17.9 Å². The highest BCUT2D eigenvalue weighted by Gasteiger charge is 2.57. The maximum atomic E-state index is 13.6. The number of imide groups is 1. The zero-order valence-electron chi connectivity index (χ0n) is 21.7. The number of rotatable bonds is 9. The van der Waals surface area contributed by atoms with Gasteiger partial charge in [0.25, 0.3) is 5.91 Å². The number of carbonyl (C=O) groups is 2. The van der Waals surface area contributed by atoms with Crippen molar-refractivity contribution < 1.29 is 14.3 Å². The zero-order chi connectivity index (χ0) is 25.2. The first kappa shape index (κ1) is 25.2. The van der Waals surface area contributed by atoms with Crippen molar-refractivity contribution in [3.8, 4) is 11.4 Å². The maximum absolute atomic E-state index is 13.6. The van der Waals surface area contributed by atoms with Gasteiger partial charge in [0, 0.05) is 44.5 Å². The number of ether oxygens (including phenoxy) is 1. The Labute approximate surface area is 208 Å². The second-order valence-electron chi connectivity index (χ2n) is 10.7. The van der Waals surface area contributed by atoms with Gasteiger partial charge in [-0.2, -0.15) is 5.10 Å². The minimum absolute atomic E-state index is 0.00333. The van der Waals surface area contributed by atoms with Gasteiger partial charge in [0.05, 0.1) is 13.3 Å². The molecule has 35 heavy (non-hydrogen) atoms. The summed E-state index contributed by atoms with van der Waals surface area (Å²) in [5.41, 5.74) is 1.32. The topological polar surface area (TPSA) is 70.9 Å². The van der Waals surface area contributed by atoms with Crippen LogP contribution in [0.4, 0.5) is 4.79 Å². The Kier molecular flexibility index (Phi) is 7.50. The summed E-state index contributed by atoms with van der Waals surface area (Å²) in [5.74, 6) is 1.52. The summed E-state index contributed by atoms with van der Waals surface area (Å²) in [6.45, 7) is 11.9. The summed E-state index contributed by atoms with van der Waals surface area (Å²) in [6.07, 6.45) is 6.17. The monoisotopic (exact) mass is 481 g/mol. The van der Waals surface area contributed by atoms with Crippen molar-refractivity contribution in [3.63, 3.8) is 0 Å². The summed E-state index contributed by atoms with van der Waals surface area (Å²) in [5, 5.41) is 4.54. The van der Waals surface area contributed by atoms with Gasteiger partial charge in [0.1, 0.15) is 17.0 Å². The molecule has 2 fully saturated rings. The molecule has 3 heterocycles. The first-order chi connectivity index (χ1) is 16.7. The Balaban J connectivity index is 1.45. The molecule has 2 aliphatic rings. The molecule has 0 atom stereocenters. The van der Waals surface area contributed by atoms with E-state index in [1.165, 1.54) is 4.90 Å². The largest absolute Gasteiger partial charge is 0.494 e. The lowest BCUT2D eigenvalue weighted by atomic mass is 9.85. The Morgan fingerprint density at radius 3 is 2.43 bits per heavy atom. The van der Waals surface area contributed by atoms with Crippen LogP contribution in [-0.4, -0.2) is 75.2 Å². The van der Waals surface area contributed by atoms with Gasteiger partial charge in [0.15, 0.2) is 0 Å². The van der Waals surface area contributed by atoms with Crippen molar-refractivity contribution in [2.45, 2.75) is 59.0 Å². The third-order valence-electron chi connectivity index (χ3n) is 7.16. The van der Waals surface area contributed by atoms with Crippen LogP contribution in [-0.2, 0) is 11.3 Å². The number of piperidine rings is 1. The molecule has 0 radical (unpaired) electrons. The molecule has 190 valence electrons. The van der Waals surface area contributed by atoms with Gasteiger partial charge >= 0.3 is 6.03 Å². The molecular weight excluding hydrogens is 442 g/mol. The highest BCUT2D eigenvalue weighted by Crippen LogP contribution is 2.38. The molecule has 0 bridgehead atoms. The van der Waals surface area contributed by atoms with Gasteiger partial charge in [-0.15, -0.1) is 0 Å². The molecule has 2 saturated heterocycles. The summed E-state index contributed by atoms with van der Waals surface area (Å²) in [6, 6.07) is 7.72. The highest BCUT2D eigenvalue weighted by atomic mass is 16.5. The fourth-order valence-corrected chi connectivity index (χ4v) is 5.22. The second-order valence-corrected chi connectivity index (χ2v) is 10.7. The Morgan fingerprint density at radius 2 is 1.77 bits per heavy atom. The van der Waals surface area contributed by atoms with Crippen LogP contribution in [0, 0.1) is 11.8 Å². The SMILES string of the molecule is COc1ccccc1-n1cc(CN2CCC3(CC2)C(=O)N(CC(C)C)C(=O)N3CCC(C)C)cn1. The number of methoxy groups -OCH3 is 1. The number of benzene rings is 1. The van der Waals surface area contributed by atoms with Crippen molar-refractivity contribution in [1.29, 1.82) is 0 Å². The molecule has 0 saturated carbocycles. The normalized spacial score (nSPS) is 18.5. The molecule has 8 heteroatoms. The van der Waals surface area contributed by atoms with E-state index in [1.54, 1.807) is 7.11 Å². The van der Waals surface area contributed by atoms with Gasteiger partial charge in [-0.1, -0.05) is 39.8 Å². The number of nitrogens with zero attached hydrogens (tertiary/aromatic N) is 5. The van der Waals surface area contributed by atoms with Gasteiger partial charge < -0.3 is 9.64 Å². The zero-order valence-corrected chi connectivity index (χ0v) is 21.7. The number of carbonyl (C=O) groups excluding carboxylic acids is 2. The van der Waals surface area contributed by atoms with Gasteiger partial charge in [-0.25, -0.2) is 9.48 Å². The number of amides is 3. The van der Waals surface area contributed by atoms with Crippen LogP contribution in [0.2, 0.25) is 0 Å². The minimum Gasteiger partial charge on any atom is -0.494 e. The van der Waals surface area contributed by atoms with E-state index < -0.39 is 5.54 Å². The standard InChI is InChI=1S/C27H39N5O3/c1-20(2)10-13-31-26(34)30(17-21(3)4)25(33)27(31)11-14-29(15-12-27)18-22-16-28-32(19-22)23-8-6-7-9-24(23)35-5/h6-9,16,19-21H,10-15,17-18H2,1-5H3. The van der Waals surface area contributed by atoms with Crippen LogP contribution in [0.25, 0.3) is 5.69 Å². The molecule has 4 rings (SSSR count). The van der Waals surface area contributed by atoms with Crippen LogP contribution < -0.4 is 4.74 Å². The average Bonchev–Trinajstić information content (AvgIpc) is 3.37. The van der Waals surface area contributed by atoms with Crippen LogP contribution in [0.1, 0.15) is 52.5 Å². The summed E-state index contributed by atoms with van der Waals surface area (Å²) < 4.78 is 7.31. The summed E-state index contributed by atoms with van der Waals surface area (Å²) >= 11 is 0. The lowest BCUT2D eigenvalue weighted by Gasteiger charge is -2.42. The van der Waals surface area contributed by atoms with Crippen molar-refractivity contribution in [3.05, 3.63) is 42.2 Å².